The van der Waals surface area contributed by atoms with E-state index in [0.717, 1.165) is 9.99 Å². The van der Waals surface area contributed by atoms with Gasteiger partial charge in [-0.05, 0) is 40.2 Å². The molecule has 0 amide bonds. The minimum absolute atomic E-state index is 0.288. The molecular weight excluding hydrogens is 329 g/mol. The normalized spacial score (nSPS) is 10.8. The van der Waals surface area contributed by atoms with Crippen LogP contribution in [0.5, 0.6) is 0 Å². The molecule has 0 bridgehead atoms. The van der Waals surface area contributed by atoms with Crippen molar-refractivity contribution in [3.8, 4) is 0 Å². The van der Waals surface area contributed by atoms with Crippen molar-refractivity contribution in [2.24, 2.45) is 0 Å². The van der Waals surface area contributed by atoms with E-state index in [4.69, 9.17) is 0 Å². The van der Waals surface area contributed by atoms with Crippen LogP contribution in [0.15, 0.2) is 40.4 Å². The molecule has 0 radical (unpaired) electrons. The molecule has 0 aliphatic rings. The first kappa shape index (κ1) is 12.5. The standard InChI is InChI=1S/C13H9BrFN3S/c14-8-3-10(19-6-8)5-16-13-11-4-9(15)1-2-12(11)17-7-18-13/h1-4,6-7H,5H2,(H,16,17,18). The number of anilines is 1. The van der Waals surface area contributed by atoms with Crippen molar-refractivity contribution >= 4 is 44.0 Å². The number of hydrogen-bond donors (Lipinski definition) is 1. The van der Waals surface area contributed by atoms with Gasteiger partial charge in [0, 0.05) is 20.1 Å². The number of thiophene rings is 1. The fraction of sp³-hybridized carbons (Fsp3) is 0.0769. The van der Waals surface area contributed by atoms with Crippen LogP contribution in [0.3, 0.4) is 0 Å². The second kappa shape index (κ2) is 5.22. The van der Waals surface area contributed by atoms with Crippen molar-refractivity contribution in [3.05, 3.63) is 51.1 Å². The largest absolute Gasteiger partial charge is 0.365 e. The van der Waals surface area contributed by atoms with E-state index < -0.39 is 0 Å². The second-order valence-electron chi connectivity index (χ2n) is 3.97. The number of halogens is 2. The van der Waals surface area contributed by atoms with Crippen LogP contribution in [-0.4, -0.2) is 9.97 Å². The van der Waals surface area contributed by atoms with Crippen molar-refractivity contribution < 1.29 is 4.39 Å². The monoisotopic (exact) mass is 337 g/mol. The lowest BCUT2D eigenvalue weighted by molar-refractivity contribution is 0.629. The molecule has 19 heavy (non-hydrogen) atoms. The molecule has 0 spiro atoms. The van der Waals surface area contributed by atoms with Gasteiger partial charge in [0.2, 0.25) is 0 Å². The third-order valence-corrected chi connectivity index (χ3v) is 4.35. The molecule has 0 aliphatic heterocycles. The van der Waals surface area contributed by atoms with Crippen LogP contribution in [0.2, 0.25) is 0 Å². The molecule has 3 aromatic rings. The van der Waals surface area contributed by atoms with Crippen molar-refractivity contribution in [3.63, 3.8) is 0 Å². The van der Waals surface area contributed by atoms with Gasteiger partial charge in [0.15, 0.2) is 0 Å². The average molecular weight is 338 g/mol. The van der Waals surface area contributed by atoms with E-state index in [2.05, 4.69) is 31.2 Å². The first-order valence-corrected chi connectivity index (χ1v) is 7.27. The highest BCUT2D eigenvalue weighted by Crippen LogP contribution is 2.23. The summed E-state index contributed by atoms with van der Waals surface area (Å²) in [7, 11) is 0. The highest BCUT2D eigenvalue weighted by molar-refractivity contribution is 9.10. The Kier molecular flexibility index (Phi) is 3.44. The number of nitrogens with zero attached hydrogens (tertiary/aromatic N) is 2. The summed E-state index contributed by atoms with van der Waals surface area (Å²) in [5.41, 5.74) is 0.728. The predicted molar refractivity (Wildman–Crippen MR) is 78.8 cm³/mol. The molecule has 0 unspecified atom stereocenters. The van der Waals surface area contributed by atoms with E-state index in [9.17, 15) is 4.39 Å². The summed E-state index contributed by atoms with van der Waals surface area (Å²) in [5, 5.41) is 5.93. The highest BCUT2D eigenvalue weighted by atomic mass is 79.9. The van der Waals surface area contributed by atoms with Gasteiger partial charge in [-0.15, -0.1) is 11.3 Å². The van der Waals surface area contributed by atoms with Crippen LogP contribution in [0, 0.1) is 5.82 Å². The Balaban J connectivity index is 1.90. The van der Waals surface area contributed by atoms with E-state index in [-0.39, 0.29) is 5.82 Å². The lowest BCUT2D eigenvalue weighted by atomic mass is 10.2. The molecule has 6 heteroatoms. The minimum Gasteiger partial charge on any atom is -0.365 e. The van der Waals surface area contributed by atoms with E-state index in [1.807, 2.05) is 11.4 Å². The Bertz CT molecular complexity index is 729. The summed E-state index contributed by atoms with van der Waals surface area (Å²) in [4.78, 5) is 9.47. The zero-order valence-corrected chi connectivity index (χ0v) is 12.1. The van der Waals surface area contributed by atoms with Crippen molar-refractivity contribution in [2.75, 3.05) is 5.32 Å². The fourth-order valence-corrected chi connectivity index (χ4v) is 3.18. The number of benzene rings is 1. The first-order chi connectivity index (χ1) is 9.22. The average Bonchev–Trinajstić information content (AvgIpc) is 2.82. The summed E-state index contributed by atoms with van der Waals surface area (Å²) in [6.07, 6.45) is 1.48. The zero-order valence-electron chi connectivity index (χ0n) is 9.73. The zero-order chi connectivity index (χ0) is 13.2. The van der Waals surface area contributed by atoms with Crippen molar-refractivity contribution in [1.82, 2.24) is 9.97 Å². The van der Waals surface area contributed by atoms with Crippen LogP contribution in [0.1, 0.15) is 4.88 Å². The molecule has 3 rings (SSSR count). The third-order valence-electron chi connectivity index (χ3n) is 2.65. The first-order valence-electron chi connectivity index (χ1n) is 5.59. The lowest BCUT2D eigenvalue weighted by Crippen LogP contribution is -2.01. The maximum atomic E-state index is 13.3. The van der Waals surface area contributed by atoms with Crippen LogP contribution >= 0.6 is 27.3 Å². The highest BCUT2D eigenvalue weighted by Gasteiger charge is 2.05. The molecule has 0 fully saturated rings. The Hall–Kier alpha value is -1.53. The topological polar surface area (TPSA) is 37.8 Å². The van der Waals surface area contributed by atoms with Crippen LogP contribution in [-0.2, 0) is 6.54 Å². The second-order valence-corrected chi connectivity index (χ2v) is 5.88. The molecule has 96 valence electrons. The summed E-state index contributed by atoms with van der Waals surface area (Å²) in [5.74, 6) is 0.359. The molecule has 0 saturated carbocycles. The van der Waals surface area contributed by atoms with Gasteiger partial charge in [-0.1, -0.05) is 0 Å². The minimum atomic E-state index is -0.288. The van der Waals surface area contributed by atoms with Crippen LogP contribution in [0.25, 0.3) is 10.9 Å². The Morgan fingerprint density at radius 3 is 2.95 bits per heavy atom. The fourth-order valence-electron chi connectivity index (χ4n) is 1.79. The lowest BCUT2D eigenvalue weighted by Gasteiger charge is -2.07. The molecular formula is C13H9BrFN3S. The van der Waals surface area contributed by atoms with E-state index in [1.165, 1.54) is 23.3 Å². The number of aromatic nitrogens is 2. The van der Waals surface area contributed by atoms with E-state index >= 15 is 0 Å². The third kappa shape index (κ3) is 2.74. The Morgan fingerprint density at radius 1 is 1.26 bits per heavy atom. The van der Waals surface area contributed by atoms with Gasteiger partial charge in [0.25, 0.3) is 0 Å². The van der Waals surface area contributed by atoms with Gasteiger partial charge in [0.1, 0.15) is 18.0 Å². The maximum Gasteiger partial charge on any atom is 0.137 e. The van der Waals surface area contributed by atoms with Crippen molar-refractivity contribution in [1.29, 1.82) is 0 Å². The quantitative estimate of drug-likeness (QED) is 0.778. The maximum absolute atomic E-state index is 13.3. The molecule has 0 aliphatic carbocycles. The van der Waals surface area contributed by atoms with E-state index in [1.54, 1.807) is 17.4 Å². The van der Waals surface area contributed by atoms with Crippen molar-refractivity contribution in [2.45, 2.75) is 6.54 Å². The van der Waals surface area contributed by atoms with Gasteiger partial charge in [-0.2, -0.15) is 0 Å². The molecule has 0 saturated heterocycles. The van der Waals surface area contributed by atoms with Gasteiger partial charge < -0.3 is 5.32 Å². The van der Waals surface area contributed by atoms with Gasteiger partial charge in [-0.3, -0.25) is 0 Å². The van der Waals surface area contributed by atoms with Crippen LogP contribution < -0.4 is 5.32 Å². The molecule has 1 aromatic carbocycles. The molecule has 2 heterocycles. The van der Waals surface area contributed by atoms with Gasteiger partial charge >= 0.3 is 0 Å². The Labute approximate surface area is 121 Å². The number of fused-ring (bicyclic) bond motifs is 1. The summed E-state index contributed by atoms with van der Waals surface area (Å²) < 4.78 is 14.4. The SMILES string of the molecule is Fc1ccc2ncnc(NCc3cc(Br)cs3)c2c1. The summed E-state index contributed by atoms with van der Waals surface area (Å²) in [6, 6.07) is 6.54. The van der Waals surface area contributed by atoms with Gasteiger partial charge in [-0.25, -0.2) is 14.4 Å². The molecule has 2 aromatic heterocycles. The van der Waals surface area contributed by atoms with Crippen LogP contribution in [0.4, 0.5) is 10.2 Å². The smallest absolute Gasteiger partial charge is 0.137 e. The molecule has 3 nitrogen and oxygen atoms in total. The summed E-state index contributed by atoms with van der Waals surface area (Å²) in [6.45, 7) is 0.652. The molecule has 1 N–H and O–H groups in total. The number of nitrogens with one attached hydrogen (secondary N) is 1. The van der Waals surface area contributed by atoms with E-state index in [0.29, 0.717) is 17.7 Å². The van der Waals surface area contributed by atoms with Gasteiger partial charge in [0.05, 0.1) is 12.1 Å². The number of hydrogen-bond acceptors (Lipinski definition) is 4. The predicted octanol–water partition coefficient (Wildman–Crippen LogP) is 4.21. The summed E-state index contributed by atoms with van der Waals surface area (Å²) >= 11 is 5.07. The number of rotatable bonds is 3. The Morgan fingerprint density at radius 2 is 2.16 bits per heavy atom. The molecule has 0 atom stereocenters.